The molecule has 36 heavy (non-hydrogen) atoms. The van der Waals surface area contributed by atoms with Crippen LogP contribution in [0.1, 0.15) is 31.9 Å². The van der Waals surface area contributed by atoms with E-state index in [-0.39, 0.29) is 12.7 Å². The van der Waals surface area contributed by atoms with Gasteiger partial charge in [-0.1, -0.05) is 18.2 Å². The largest absolute Gasteiger partial charge is 0.497 e. The molecule has 9 heteroatoms. The van der Waals surface area contributed by atoms with Crippen LogP contribution >= 0.6 is 0 Å². The van der Waals surface area contributed by atoms with E-state index in [1.165, 1.54) is 13.2 Å². The summed E-state index contributed by atoms with van der Waals surface area (Å²) >= 11 is 0. The monoisotopic (exact) mass is 500 g/mol. The van der Waals surface area contributed by atoms with Crippen molar-refractivity contribution >= 4 is 12.0 Å². The molecule has 2 aliphatic rings. The maximum absolute atomic E-state index is 11.5. The van der Waals surface area contributed by atoms with Gasteiger partial charge < -0.3 is 38.3 Å². The highest BCUT2D eigenvalue weighted by atomic mass is 16.8. The van der Waals surface area contributed by atoms with Gasteiger partial charge in [-0.05, 0) is 62.2 Å². The number of ether oxygens (including phenoxy) is 7. The number of esters is 1. The highest BCUT2D eigenvalue weighted by Crippen LogP contribution is 2.39. The molecule has 0 aliphatic carbocycles. The van der Waals surface area contributed by atoms with Gasteiger partial charge in [-0.2, -0.15) is 0 Å². The summed E-state index contributed by atoms with van der Waals surface area (Å²) in [5, 5.41) is 11.0. The van der Waals surface area contributed by atoms with E-state index in [2.05, 4.69) is 4.74 Å². The van der Waals surface area contributed by atoms with E-state index in [4.69, 9.17) is 28.4 Å². The molecule has 4 rings (SSSR count). The Bertz CT molecular complexity index is 1080. The van der Waals surface area contributed by atoms with E-state index < -0.39 is 36.4 Å². The molecule has 2 aliphatic heterocycles. The summed E-state index contributed by atoms with van der Waals surface area (Å²) in [7, 11) is 2.92. The maximum Gasteiger partial charge on any atom is 0.330 e. The van der Waals surface area contributed by atoms with Crippen LogP contribution in [0.5, 0.6) is 17.2 Å². The maximum atomic E-state index is 11.5. The smallest absolute Gasteiger partial charge is 0.330 e. The molecule has 0 radical (unpaired) electrons. The van der Waals surface area contributed by atoms with E-state index in [0.29, 0.717) is 17.1 Å². The quantitative estimate of drug-likeness (QED) is 0.431. The highest BCUT2D eigenvalue weighted by molar-refractivity contribution is 5.87. The molecule has 2 fully saturated rings. The second-order valence-electron chi connectivity index (χ2n) is 9.08. The number of carbonyl (C=O) groups is 1. The Morgan fingerprint density at radius 2 is 1.78 bits per heavy atom. The zero-order valence-electron chi connectivity index (χ0n) is 21.0. The molecule has 2 aromatic carbocycles. The number of hydrogen-bond donors (Lipinski definition) is 1. The number of hydrogen-bond acceptors (Lipinski definition) is 9. The van der Waals surface area contributed by atoms with E-state index in [0.717, 1.165) is 11.3 Å². The second kappa shape index (κ2) is 10.9. The van der Waals surface area contributed by atoms with Gasteiger partial charge in [-0.3, -0.25) is 0 Å². The Morgan fingerprint density at radius 3 is 2.47 bits per heavy atom. The molecule has 0 spiro atoms. The summed E-state index contributed by atoms with van der Waals surface area (Å²) in [5.41, 5.74) is 1.62. The number of rotatable bonds is 8. The molecule has 2 aromatic rings. The molecule has 0 aromatic heterocycles. The minimum absolute atomic E-state index is 0.255. The van der Waals surface area contributed by atoms with E-state index in [1.54, 1.807) is 45.2 Å². The van der Waals surface area contributed by atoms with E-state index in [9.17, 15) is 9.90 Å². The van der Waals surface area contributed by atoms with Crippen LogP contribution < -0.4 is 14.2 Å². The third-order valence-corrected chi connectivity index (χ3v) is 5.97. The van der Waals surface area contributed by atoms with Gasteiger partial charge in [0.05, 0.1) is 20.3 Å². The fourth-order valence-electron chi connectivity index (χ4n) is 4.14. The van der Waals surface area contributed by atoms with Crippen molar-refractivity contribution < 1.29 is 43.1 Å². The van der Waals surface area contributed by atoms with Gasteiger partial charge in [0.2, 0.25) is 6.29 Å². The minimum Gasteiger partial charge on any atom is -0.497 e. The molecule has 2 saturated heterocycles. The first-order chi connectivity index (χ1) is 17.2. The standard InChI is InChI=1S/C27H32O9/c1-16-24-25(36-27(2,3)35-24)23(29)26(33-16)34-20-12-8-17(9-13-22(28)31-5)14-21(20)32-15-18-6-10-19(30-4)11-7-18/h6-14,16,23-26,29H,15H2,1-5H3/b13-9+/t16-,23-,24+,25-,26+/m0/s1. The minimum atomic E-state index is -1.08. The Kier molecular flexibility index (Phi) is 7.85. The first kappa shape index (κ1) is 26.0. The number of methoxy groups -OCH3 is 2. The third-order valence-electron chi connectivity index (χ3n) is 5.97. The van der Waals surface area contributed by atoms with Crippen LogP contribution in [0.15, 0.2) is 48.5 Å². The first-order valence-electron chi connectivity index (χ1n) is 11.7. The average Bonchev–Trinajstić information content (AvgIpc) is 3.21. The van der Waals surface area contributed by atoms with Gasteiger partial charge in [0.1, 0.15) is 30.7 Å². The molecule has 5 atom stereocenters. The fourth-order valence-corrected chi connectivity index (χ4v) is 4.14. The molecular formula is C27H32O9. The lowest BCUT2D eigenvalue weighted by Gasteiger charge is -2.38. The molecule has 9 nitrogen and oxygen atoms in total. The molecule has 194 valence electrons. The van der Waals surface area contributed by atoms with Crippen LogP contribution in [0.2, 0.25) is 0 Å². The second-order valence-corrected chi connectivity index (χ2v) is 9.08. The number of fused-ring (bicyclic) bond motifs is 1. The topological polar surface area (TPSA) is 102 Å². The van der Waals surface area contributed by atoms with Crippen molar-refractivity contribution in [2.45, 2.75) is 63.9 Å². The fraction of sp³-hybridized carbons (Fsp3) is 0.444. The van der Waals surface area contributed by atoms with Crippen LogP contribution in [0.25, 0.3) is 6.08 Å². The molecule has 0 unspecified atom stereocenters. The third kappa shape index (κ3) is 5.99. The summed E-state index contributed by atoms with van der Waals surface area (Å²) in [6, 6.07) is 12.7. The van der Waals surface area contributed by atoms with E-state index in [1.807, 2.05) is 31.2 Å². The Labute approximate surface area is 210 Å². The van der Waals surface area contributed by atoms with Gasteiger partial charge in [-0.15, -0.1) is 0 Å². The van der Waals surface area contributed by atoms with Crippen LogP contribution in [0.4, 0.5) is 0 Å². The number of aliphatic hydroxyl groups excluding tert-OH is 1. The SMILES string of the molecule is COC(=O)/C=C/c1ccc(O[C@H]2O[C@@H](C)[C@H]3OC(C)(C)O[C@H]3[C@@H]2O)c(OCc2ccc(OC)cc2)c1. The predicted octanol–water partition coefficient (Wildman–Crippen LogP) is 3.47. The van der Waals surface area contributed by atoms with Gasteiger partial charge >= 0.3 is 5.97 Å². The predicted molar refractivity (Wildman–Crippen MR) is 130 cm³/mol. The number of benzene rings is 2. The van der Waals surface area contributed by atoms with Gasteiger partial charge in [0.25, 0.3) is 0 Å². The van der Waals surface area contributed by atoms with Gasteiger partial charge in [0.15, 0.2) is 17.3 Å². The average molecular weight is 501 g/mol. The lowest BCUT2D eigenvalue weighted by molar-refractivity contribution is -0.244. The molecule has 0 bridgehead atoms. The lowest BCUT2D eigenvalue weighted by atomic mass is 10.00. The summed E-state index contributed by atoms with van der Waals surface area (Å²) < 4.78 is 39.8. The van der Waals surface area contributed by atoms with E-state index >= 15 is 0 Å². The van der Waals surface area contributed by atoms with Crippen molar-refractivity contribution in [3.63, 3.8) is 0 Å². The lowest BCUT2D eigenvalue weighted by Crippen LogP contribution is -2.57. The molecule has 0 amide bonds. The highest BCUT2D eigenvalue weighted by Gasteiger charge is 2.54. The van der Waals surface area contributed by atoms with Crippen molar-refractivity contribution in [2.75, 3.05) is 14.2 Å². The summed E-state index contributed by atoms with van der Waals surface area (Å²) in [6.45, 7) is 5.70. The molecule has 1 N–H and O–H groups in total. The van der Waals surface area contributed by atoms with Crippen LogP contribution in [0.3, 0.4) is 0 Å². The molecular weight excluding hydrogens is 468 g/mol. The summed E-state index contributed by atoms with van der Waals surface area (Å²) in [5.74, 6) is 0.220. The normalized spacial score (nSPS) is 26.9. The summed E-state index contributed by atoms with van der Waals surface area (Å²) in [4.78, 5) is 11.5. The van der Waals surface area contributed by atoms with Crippen LogP contribution in [-0.2, 0) is 30.3 Å². The van der Waals surface area contributed by atoms with Crippen molar-refractivity contribution in [2.24, 2.45) is 0 Å². The van der Waals surface area contributed by atoms with Gasteiger partial charge in [0, 0.05) is 6.08 Å². The zero-order valence-corrected chi connectivity index (χ0v) is 21.0. The van der Waals surface area contributed by atoms with Crippen molar-refractivity contribution in [1.29, 1.82) is 0 Å². The van der Waals surface area contributed by atoms with Crippen molar-refractivity contribution in [3.8, 4) is 17.2 Å². The van der Waals surface area contributed by atoms with Crippen molar-refractivity contribution in [1.82, 2.24) is 0 Å². The van der Waals surface area contributed by atoms with Gasteiger partial charge in [-0.25, -0.2) is 4.79 Å². The Balaban J connectivity index is 1.55. The number of carbonyl (C=O) groups excluding carboxylic acids is 1. The Morgan fingerprint density at radius 1 is 1.06 bits per heavy atom. The molecule has 2 heterocycles. The zero-order chi connectivity index (χ0) is 25.9. The summed E-state index contributed by atoms with van der Waals surface area (Å²) in [6.07, 6.45) is -0.527. The first-order valence-corrected chi connectivity index (χ1v) is 11.7. The Hall–Kier alpha value is -3.11. The number of aliphatic hydroxyl groups is 1. The van der Waals surface area contributed by atoms with Crippen molar-refractivity contribution in [3.05, 3.63) is 59.7 Å². The van der Waals surface area contributed by atoms with Crippen LogP contribution in [0, 0.1) is 0 Å². The molecule has 0 saturated carbocycles. The van der Waals surface area contributed by atoms with Crippen LogP contribution in [-0.4, -0.2) is 61.8 Å².